The third kappa shape index (κ3) is 1.61. The topological polar surface area (TPSA) is 26.0 Å². The summed E-state index contributed by atoms with van der Waals surface area (Å²) in [6, 6.07) is 5.04. The van der Waals surface area contributed by atoms with E-state index < -0.39 is 0 Å². The Kier molecular flexibility index (Phi) is 2.93. The van der Waals surface area contributed by atoms with E-state index in [1.165, 1.54) is 24.1 Å². The van der Waals surface area contributed by atoms with Crippen LogP contribution < -0.4 is 5.73 Å². The fourth-order valence-electron chi connectivity index (χ4n) is 2.44. The summed E-state index contributed by atoms with van der Waals surface area (Å²) < 4.78 is 0. The zero-order chi connectivity index (χ0) is 10.1. The minimum Gasteiger partial charge on any atom is -0.327 e. The zero-order valence-corrected chi connectivity index (χ0v) is 9.81. The fourth-order valence-corrected chi connectivity index (χ4v) is 3.59. The molecule has 0 spiro atoms. The van der Waals surface area contributed by atoms with Gasteiger partial charge in [0.15, 0.2) is 0 Å². The van der Waals surface area contributed by atoms with Crippen LogP contribution in [0.1, 0.15) is 42.4 Å². The fraction of sp³-hybridized carbons (Fsp3) is 0.667. The Morgan fingerprint density at radius 1 is 1.43 bits per heavy atom. The minimum atomic E-state index is 0.456. The van der Waals surface area contributed by atoms with Crippen molar-refractivity contribution < 1.29 is 0 Å². The zero-order valence-electron chi connectivity index (χ0n) is 8.99. The molecule has 0 saturated heterocycles. The van der Waals surface area contributed by atoms with Crippen LogP contribution in [-0.2, 0) is 6.42 Å². The normalized spacial score (nSPS) is 31.5. The molecule has 2 N–H and O–H groups in total. The highest BCUT2D eigenvalue weighted by Gasteiger charge is 2.38. The van der Waals surface area contributed by atoms with Crippen LogP contribution in [0, 0.1) is 5.92 Å². The second kappa shape index (κ2) is 4.03. The molecule has 0 aromatic carbocycles. The van der Waals surface area contributed by atoms with Gasteiger partial charge in [-0.2, -0.15) is 0 Å². The van der Waals surface area contributed by atoms with Crippen molar-refractivity contribution >= 4 is 11.3 Å². The maximum Gasteiger partial charge on any atom is 0.00830 e. The Labute approximate surface area is 90.3 Å². The molecule has 1 nitrogen and oxygen atoms in total. The Morgan fingerprint density at radius 2 is 2.21 bits per heavy atom. The molecule has 3 unspecified atom stereocenters. The van der Waals surface area contributed by atoms with Crippen LogP contribution in [0.3, 0.4) is 0 Å². The number of hydrogen-bond acceptors (Lipinski definition) is 2. The average Bonchev–Trinajstić information content (AvgIpc) is 2.62. The number of hydrogen-bond donors (Lipinski definition) is 1. The highest BCUT2D eigenvalue weighted by Crippen LogP contribution is 2.45. The van der Waals surface area contributed by atoms with Crippen molar-refractivity contribution in [3.05, 3.63) is 21.9 Å². The molecule has 2 rings (SSSR count). The van der Waals surface area contributed by atoms with Gasteiger partial charge in [-0.3, -0.25) is 0 Å². The summed E-state index contributed by atoms with van der Waals surface area (Å²) in [6.07, 6.45) is 3.59. The van der Waals surface area contributed by atoms with E-state index >= 15 is 0 Å². The summed E-state index contributed by atoms with van der Waals surface area (Å²) in [6.45, 7) is 4.48. The molecule has 14 heavy (non-hydrogen) atoms. The van der Waals surface area contributed by atoms with Gasteiger partial charge in [-0.1, -0.05) is 20.3 Å². The maximum atomic E-state index is 6.00. The average molecular weight is 209 g/mol. The molecule has 0 amide bonds. The van der Waals surface area contributed by atoms with E-state index in [2.05, 4.69) is 26.0 Å². The smallest absolute Gasteiger partial charge is 0.00830 e. The first-order chi connectivity index (χ1) is 6.76. The third-order valence-electron chi connectivity index (χ3n) is 3.46. The lowest BCUT2D eigenvalue weighted by atomic mass is 9.68. The summed E-state index contributed by atoms with van der Waals surface area (Å²) in [5.74, 6) is 1.50. The molecular weight excluding hydrogens is 190 g/mol. The van der Waals surface area contributed by atoms with Gasteiger partial charge in [0.2, 0.25) is 0 Å². The second-order valence-electron chi connectivity index (χ2n) is 4.24. The number of rotatable bonds is 3. The van der Waals surface area contributed by atoms with Crippen LogP contribution in [0.5, 0.6) is 0 Å². The lowest BCUT2D eigenvalue weighted by molar-refractivity contribution is 0.201. The molecule has 0 aliphatic heterocycles. The highest BCUT2D eigenvalue weighted by molar-refractivity contribution is 7.12. The molecule has 1 fully saturated rings. The van der Waals surface area contributed by atoms with Crippen LogP contribution in [0.15, 0.2) is 12.1 Å². The molecule has 0 radical (unpaired) electrons. The SMILES string of the molecule is CCc1ccc(C2CC(N)C2CC)s1. The van der Waals surface area contributed by atoms with Gasteiger partial charge in [-0.05, 0) is 36.8 Å². The van der Waals surface area contributed by atoms with Crippen molar-refractivity contribution in [2.45, 2.75) is 45.1 Å². The van der Waals surface area contributed by atoms with E-state index in [4.69, 9.17) is 5.73 Å². The van der Waals surface area contributed by atoms with Crippen molar-refractivity contribution in [3.63, 3.8) is 0 Å². The van der Waals surface area contributed by atoms with Crippen LogP contribution >= 0.6 is 11.3 Å². The van der Waals surface area contributed by atoms with Crippen LogP contribution in [0.4, 0.5) is 0 Å². The molecule has 1 heterocycles. The summed E-state index contributed by atoms with van der Waals surface area (Å²) in [5.41, 5.74) is 6.00. The standard InChI is InChI=1S/C12H19NS/c1-3-8-5-6-12(14-8)10-7-11(13)9(10)4-2/h5-6,9-11H,3-4,7,13H2,1-2H3. The lowest BCUT2D eigenvalue weighted by Gasteiger charge is -2.42. The van der Waals surface area contributed by atoms with Gasteiger partial charge < -0.3 is 5.73 Å². The lowest BCUT2D eigenvalue weighted by Crippen LogP contribution is -2.45. The van der Waals surface area contributed by atoms with E-state index in [0.29, 0.717) is 6.04 Å². The van der Waals surface area contributed by atoms with Gasteiger partial charge in [0.1, 0.15) is 0 Å². The van der Waals surface area contributed by atoms with Gasteiger partial charge in [0, 0.05) is 15.8 Å². The summed E-state index contributed by atoms with van der Waals surface area (Å²) in [4.78, 5) is 3.07. The first kappa shape index (κ1) is 10.2. The Morgan fingerprint density at radius 3 is 2.71 bits per heavy atom. The van der Waals surface area contributed by atoms with Gasteiger partial charge >= 0.3 is 0 Å². The number of thiophene rings is 1. The van der Waals surface area contributed by atoms with Crippen molar-refractivity contribution in [1.82, 2.24) is 0 Å². The Bertz CT molecular complexity index is 305. The van der Waals surface area contributed by atoms with Crippen molar-refractivity contribution in [1.29, 1.82) is 0 Å². The molecule has 3 atom stereocenters. The number of aryl methyl sites for hydroxylation is 1. The third-order valence-corrected chi connectivity index (χ3v) is 4.82. The van der Waals surface area contributed by atoms with Crippen molar-refractivity contribution in [2.75, 3.05) is 0 Å². The summed E-state index contributed by atoms with van der Waals surface area (Å²) >= 11 is 1.98. The molecular formula is C12H19NS. The first-order valence-corrected chi connectivity index (χ1v) is 6.42. The molecule has 1 aliphatic carbocycles. The second-order valence-corrected chi connectivity index (χ2v) is 5.44. The van der Waals surface area contributed by atoms with Gasteiger partial charge in [-0.25, -0.2) is 0 Å². The molecule has 1 saturated carbocycles. The molecule has 1 aromatic heterocycles. The minimum absolute atomic E-state index is 0.456. The predicted molar refractivity (Wildman–Crippen MR) is 62.8 cm³/mol. The van der Waals surface area contributed by atoms with Gasteiger partial charge in [0.25, 0.3) is 0 Å². The molecule has 2 heteroatoms. The highest BCUT2D eigenvalue weighted by atomic mass is 32.1. The Balaban J connectivity index is 2.08. The molecule has 78 valence electrons. The van der Waals surface area contributed by atoms with E-state index in [1.54, 1.807) is 4.88 Å². The quantitative estimate of drug-likeness (QED) is 0.813. The number of nitrogens with two attached hydrogens (primary N) is 1. The first-order valence-electron chi connectivity index (χ1n) is 5.60. The largest absolute Gasteiger partial charge is 0.327 e. The van der Waals surface area contributed by atoms with Crippen LogP contribution in [0.2, 0.25) is 0 Å². The molecule has 1 aliphatic rings. The van der Waals surface area contributed by atoms with Crippen molar-refractivity contribution in [2.24, 2.45) is 11.7 Å². The van der Waals surface area contributed by atoms with Gasteiger partial charge in [0.05, 0.1) is 0 Å². The molecule has 0 bridgehead atoms. The summed E-state index contributed by atoms with van der Waals surface area (Å²) in [5, 5.41) is 0. The Hall–Kier alpha value is -0.340. The van der Waals surface area contributed by atoms with E-state index in [0.717, 1.165) is 11.8 Å². The summed E-state index contributed by atoms with van der Waals surface area (Å²) in [7, 11) is 0. The van der Waals surface area contributed by atoms with Crippen molar-refractivity contribution in [3.8, 4) is 0 Å². The van der Waals surface area contributed by atoms with E-state index in [9.17, 15) is 0 Å². The van der Waals surface area contributed by atoms with Crippen LogP contribution in [0.25, 0.3) is 0 Å². The van der Waals surface area contributed by atoms with E-state index in [-0.39, 0.29) is 0 Å². The molecule has 1 aromatic rings. The van der Waals surface area contributed by atoms with Gasteiger partial charge in [-0.15, -0.1) is 11.3 Å². The van der Waals surface area contributed by atoms with E-state index in [1.807, 2.05) is 11.3 Å². The predicted octanol–water partition coefficient (Wildman–Crippen LogP) is 3.15. The maximum absolute atomic E-state index is 6.00. The monoisotopic (exact) mass is 209 g/mol. The van der Waals surface area contributed by atoms with Crippen LogP contribution in [-0.4, -0.2) is 6.04 Å².